The summed E-state index contributed by atoms with van der Waals surface area (Å²) >= 11 is 0. The number of hydrogen-bond donors (Lipinski definition) is 1. The van der Waals surface area contributed by atoms with Crippen LogP contribution in [0.5, 0.6) is 0 Å². The molecule has 23 heavy (non-hydrogen) atoms. The van der Waals surface area contributed by atoms with Crippen LogP contribution < -0.4 is 0 Å². The van der Waals surface area contributed by atoms with E-state index in [1.807, 2.05) is 24.8 Å². The minimum Gasteiger partial charge on any atom is -0.331 e. The van der Waals surface area contributed by atoms with Crippen molar-refractivity contribution in [3.63, 3.8) is 0 Å². The number of nitrogens with zero attached hydrogens (tertiary/aromatic N) is 2. The zero-order valence-electron chi connectivity index (χ0n) is 13.4. The largest absolute Gasteiger partial charge is 0.331 e. The van der Waals surface area contributed by atoms with Gasteiger partial charge in [-0.15, -0.1) is 0 Å². The highest BCUT2D eigenvalue weighted by Crippen LogP contribution is 2.42. The molecule has 0 spiro atoms. The Kier molecular flexibility index (Phi) is 3.25. The number of carbonyl (C=O) groups is 1. The molecule has 1 aliphatic carbocycles. The second-order valence-electron chi connectivity index (χ2n) is 6.65. The van der Waals surface area contributed by atoms with E-state index in [2.05, 4.69) is 10.2 Å². The first-order valence-electron chi connectivity index (χ1n) is 8.20. The van der Waals surface area contributed by atoms with E-state index < -0.39 is 0 Å². The van der Waals surface area contributed by atoms with E-state index in [1.165, 1.54) is 6.07 Å². The van der Waals surface area contributed by atoms with Gasteiger partial charge in [-0.2, -0.15) is 5.10 Å². The van der Waals surface area contributed by atoms with Gasteiger partial charge in [-0.3, -0.25) is 9.89 Å². The first-order chi connectivity index (χ1) is 11.1. The number of benzene rings is 1. The van der Waals surface area contributed by atoms with Gasteiger partial charge in [0.2, 0.25) is 0 Å². The minimum atomic E-state index is -0.247. The lowest BCUT2D eigenvalue weighted by atomic mass is 9.92. The van der Waals surface area contributed by atoms with Gasteiger partial charge in [-0.25, -0.2) is 4.39 Å². The second-order valence-corrected chi connectivity index (χ2v) is 6.65. The minimum absolute atomic E-state index is 0.0144. The number of fused-ring (bicyclic) bond motifs is 1. The first-order valence-corrected chi connectivity index (χ1v) is 8.20. The zero-order chi connectivity index (χ0) is 16.1. The van der Waals surface area contributed by atoms with Gasteiger partial charge in [-0.05, 0) is 56.4 Å². The van der Waals surface area contributed by atoms with E-state index in [4.69, 9.17) is 0 Å². The lowest BCUT2D eigenvalue weighted by Crippen LogP contribution is -2.39. The van der Waals surface area contributed by atoms with Crippen molar-refractivity contribution in [1.82, 2.24) is 15.1 Å². The van der Waals surface area contributed by atoms with Crippen molar-refractivity contribution in [3.05, 3.63) is 52.1 Å². The molecule has 2 aromatic rings. The molecule has 4 rings (SSSR count). The summed E-state index contributed by atoms with van der Waals surface area (Å²) < 4.78 is 13.6. The molecule has 1 saturated carbocycles. The van der Waals surface area contributed by atoms with Crippen LogP contribution in [-0.2, 0) is 6.42 Å². The lowest BCUT2D eigenvalue weighted by molar-refractivity contribution is 0.0675. The third-order valence-electron chi connectivity index (χ3n) is 5.06. The van der Waals surface area contributed by atoms with E-state index in [9.17, 15) is 9.18 Å². The van der Waals surface area contributed by atoms with Crippen molar-refractivity contribution in [1.29, 1.82) is 0 Å². The van der Waals surface area contributed by atoms with E-state index in [-0.39, 0.29) is 17.8 Å². The van der Waals surface area contributed by atoms with Gasteiger partial charge in [-0.1, -0.05) is 6.07 Å². The van der Waals surface area contributed by atoms with Gasteiger partial charge < -0.3 is 4.90 Å². The smallest absolute Gasteiger partial charge is 0.258 e. The quantitative estimate of drug-likeness (QED) is 0.922. The third-order valence-corrected chi connectivity index (χ3v) is 5.06. The van der Waals surface area contributed by atoms with Crippen LogP contribution in [0.25, 0.3) is 0 Å². The summed E-state index contributed by atoms with van der Waals surface area (Å²) in [5, 5.41) is 7.31. The highest BCUT2D eigenvalue weighted by Gasteiger charge is 2.36. The molecule has 2 aliphatic rings. The average Bonchev–Trinajstić information content (AvgIpc) is 3.30. The van der Waals surface area contributed by atoms with Crippen molar-refractivity contribution in [3.8, 4) is 0 Å². The Hall–Kier alpha value is -2.17. The van der Waals surface area contributed by atoms with Crippen LogP contribution in [0, 0.1) is 12.7 Å². The first kappa shape index (κ1) is 14.4. The lowest BCUT2D eigenvalue weighted by Gasteiger charge is -2.35. The SMILES string of the molecule is Cc1[nH]nc(C2CC2)c1C(=O)N1CCc2ccc(F)cc2[C@H]1C. The molecule has 4 nitrogen and oxygen atoms in total. The second kappa shape index (κ2) is 5.18. The van der Waals surface area contributed by atoms with E-state index in [0.717, 1.165) is 47.3 Å². The number of hydrogen-bond acceptors (Lipinski definition) is 2. The molecule has 0 bridgehead atoms. The summed E-state index contributed by atoms with van der Waals surface area (Å²) in [4.78, 5) is 15.0. The summed E-state index contributed by atoms with van der Waals surface area (Å²) in [7, 11) is 0. The van der Waals surface area contributed by atoms with Crippen LogP contribution in [0.1, 0.15) is 64.6 Å². The summed E-state index contributed by atoms with van der Waals surface area (Å²) in [5.74, 6) is 0.187. The maximum absolute atomic E-state index is 13.6. The van der Waals surface area contributed by atoms with Crippen LogP contribution >= 0.6 is 0 Å². The summed E-state index contributed by atoms with van der Waals surface area (Å²) in [5.41, 5.74) is 4.51. The van der Waals surface area contributed by atoms with Crippen LogP contribution in [0.15, 0.2) is 18.2 Å². The van der Waals surface area contributed by atoms with Crippen molar-refractivity contribution in [2.45, 2.75) is 45.1 Å². The fourth-order valence-electron chi connectivity index (χ4n) is 3.58. The van der Waals surface area contributed by atoms with E-state index in [0.29, 0.717) is 12.5 Å². The van der Waals surface area contributed by atoms with Crippen molar-refractivity contribution < 1.29 is 9.18 Å². The molecule has 1 N–H and O–H groups in total. The van der Waals surface area contributed by atoms with E-state index in [1.54, 1.807) is 6.07 Å². The predicted octanol–water partition coefficient (Wildman–Crippen LogP) is 3.49. The summed E-state index contributed by atoms with van der Waals surface area (Å²) in [6.45, 7) is 4.53. The molecule has 1 atom stereocenters. The summed E-state index contributed by atoms with van der Waals surface area (Å²) in [6, 6.07) is 4.77. The topological polar surface area (TPSA) is 49.0 Å². The molecule has 0 radical (unpaired) electrons. The van der Waals surface area contributed by atoms with Gasteiger partial charge in [0.15, 0.2) is 0 Å². The monoisotopic (exact) mass is 313 g/mol. The number of halogens is 1. The Morgan fingerprint density at radius 1 is 1.39 bits per heavy atom. The van der Waals surface area contributed by atoms with Gasteiger partial charge in [0, 0.05) is 18.2 Å². The molecular weight excluding hydrogens is 293 g/mol. The maximum atomic E-state index is 13.6. The average molecular weight is 313 g/mol. The van der Waals surface area contributed by atoms with Gasteiger partial charge >= 0.3 is 0 Å². The molecule has 120 valence electrons. The van der Waals surface area contributed by atoms with Crippen molar-refractivity contribution in [2.24, 2.45) is 0 Å². The van der Waals surface area contributed by atoms with Gasteiger partial charge in [0.25, 0.3) is 5.91 Å². The Bertz CT molecular complexity index is 779. The van der Waals surface area contributed by atoms with Crippen LogP contribution in [0.3, 0.4) is 0 Å². The van der Waals surface area contributed by atoms with Crippen molar-refractivity contribution in [2.75, 3.05) is 6.54 Å². The highest BCUT2D eigenvalue weighted by atomic mass is 19.1. The number of aryl methyl sites for hydroxylation is 1. The Labute approximate surface area is 134 Å². The number of aromatic nitrogens is 2. The number of H-pyrrole nitrogens is 1. The predicted molar refractivity (Wildman–Crippen MR) is 84.9 cm³/mol. The van der Waals surface area contributed by atoms with Gasteiger partial charge in [0.1, 0.15) is 5.82 Å². The van der Waals surface area contributed by atoms with Crippen LogP contribution in [-0.4, -0.2) is 27.5 Å². The molecule has 1 amide bonds. The number of aromatic amines is 1. The third kappa shape index (κ3) is 2.35. The fraction of sp³-hybridized carbons (Fsp3) is 0.444. The van der Waals surface area contributed by atoms with Crippen molar-refractivity contribution >= 4 is 5.91 Å². The number of nitrogens with one attached hydrogen (secondary N) is 1. The van der Waals surface area contributed by atoms with E-state index >= 15 is 0 Å². The van der Waals surface area contributed by atoms with Crippen LogP contribution in [0.4, 0.5) is 4.39 Å². The highest BCUT2D eigenvalue weighted by molar-refractivity contribution is 5.97. The maximum Gasteiger partial charge on any atom is 0.258 e. The number of rotatable bonds is 2. The molecule has 1 aromatic heterocycles. The molecule has 0 saturated heterocycles. The van der Waals surface area contributed by atoms with Crippen LogP contribution in [0.2, 0.25) is 0 Å². The fourth-order valence-corrected chi connectivity index (χ4v) is 3.58. The molecule has 1 aliphatic heterocycles. The Morgan fingerprint density at radius 3 is 2.91 bits per heavy atom. The zero-order valence-corrected chi connectivity index (χ0v) is 13.4. The molecular formula is C18H20FN3O. The molecule has 2 heterocycles. The number of amides is 1. The molecule has 1 aromatic carbocycles. The standard InChI is InChI=1S/C18H20FN3O/c1-10-16(17(21-20-10)13-3-4-13)18(23)22-8-7-12-5-6-14(19)9-15(12)11(22)2/h5-6,9,11,13H,3-4,7-8H2,1-2H3,(H,20,21)/t11-/m1/s1. The Balaban J connectivity index is 1.69. The van der Waals surface area contributed by atoms with Gasteiger partial charge in [0.05, 0.1) is 17.3 Å². The Morgan fingerprint density at radius 2 is 2.17 bits per heavy atom. The number of carbonyl (C=O) groups excluding carboxylic acids is 1. The molecule has 0 unspecified atom stereocenters. The normalized spacial score (nSPS) is 20.5. The molecule has 1 fully saturated rings. The summed E-state index contributed by atoms with van der Waals surface area (Å²) in [6.07, 6.45) is 2.98. The molecule has 5 heteroatoms.